The van der Waals surface area contributed by atoms with E-state index in [0.29, 0.717) is 12.5 Å². The molecule has 0 radical (unpaired) electrons. The van der Waals surface area contributed by atoms with Crippen molar-refractivity contribution in [2.75, 3.05) is 13.7 Å². The van der Waals surface area contributed by atoms with Crippen molar-refractivity contribution in [2.24, 2.45) is 17.4 Å². The summed E-state index contributed by atoms with van der Waals surface area (Å²) in [6.45, 7) is 2.77. The molecule has 4 heteroatoms. The maximum absolute atomic E-state index is 6.21. The molecule has 0 bridgehead atoms. The molecule has 0 spiro atoms. The number of methoxy groups -OCH3 is 1. The third-order valence-electron chi connectivity index (χ3n) is 2.79. The minimum atomic E-state index is -0.0454. The molecule has 2 atom stereocenters. The second-order valence-corrected chi connectivity index (χ2v) is 4.88. The molecule has 0 heterocycles. The molecule has 1 rings (SSSR count). The van der Waals surface area contributed by atoms with Crippen LogP contribution in [0.15, 0.2) is 22.7 Å². The molecule has 16 heavy (non-hydrogen) atoms. The zero-order chi connectivity index (χ0) is 12.1. The van der Waals surface area contributed by atoms with E-state index in [0.717, 1.165) is 22.2 Å². The molecular formula is C12H19BrN2O. The summed E-state index contributed by atoms with van der Waals surface area (Å²) in [6.07, 6.45) is 0.914. The molecule has 4 N–H and O–H groups in total. The summed E-state index contributed by atoms with van der Waals surface area (Å²) in [4.78, 5) is 0. The second kappa shape index (κ2) is 6.23. The Bertz CT molecular complexity index is 344. The fourth-order valence-electron chi connectivity index (χ4n) is 1.71. The summed E-state index contributed by atoms with van der Waals surface area (Å²) >= 11 is 3.45. The summed E-state index contributed by atoms with van der Waals surface area (Å²) in [5.74, 6) is 1.17. The van der Waals surface area contributed by atoms with E-state index >= 15 is 0 Å². The van der Waals surface area contributed by atoms with E-state index < -0.39 is 0 Å². The van der Waals surface area contributed by atoms with Gasteiger partial charge in [0.1, 0.15) is 5.75 Å². The minimum Gasteiger partial charge on any atom is -0.496 e. The monoisotopic (exact) mass is 286 g/mol. The molecule has 1 aromatic rings. The Kier molecular flexibility index (Phi) is 5.25. The van der Waals surface area contributed by atoms with Crippen LogP contribution in [0, 0.1) is 5.92 Å². The lowest BCUT2D eigenvalue weighted by atomic mass is 9.92. The molecule has 0 amide bonds. The van der Waals surface area contributed by atoms with E-state index in [4.69, 9.17) is 16.2 Å². The van der Waals surface area contributed by atoms with Gasteiger partial charge in [0, 0.05) is 16.1 Å². The number of halogens is 1. The van der Waals surface area contributed by atoms with E-state index in [9.17, 15) is 0 Å². The molecule has 0 aliphatic heterocycles. The molecule has 0 aliphatic carbocycles. The average Bonchev–Trinajstić information content (AvgIpc) is 2.28. The summed E-state index contributed by atoms with van der Waals surface area (Å²) in [6, 6.07) is 5.84. The van der Waals surface area contributed by atoms with Crippen molar-refractivity contribution < 1.29 is 4.74 Å². The maximum Gasteiger partial charge on any atom is 0.123 e. The van der Waals surface area contributed by atoms with E-state index in [1.165, 1.54) is 0 Å². The van der Waals surface area contributed by atoms with Gasteiger partial charge in [-0.05, 0) is 37.1 Å². The highest BCUT2D eigenvalue weighted by molar-refractivity contribution is 9.10. The summed E-state index contributed by atoms with van der Waals surface area (Å²) < 4.78 is 6.33. The molecule has 0 saturated carbocycles. The number of nitrogens with two attached hydrogens (primary N) is 2. The number of benzene rings is 1. The van der Waals surface area contributed by atoms with Gasteiger partial charge < -0.3 is 16.2 Å². The van der Waals surface area contributed by atoms with Crippen molar-refractivity contribution >= 4 is 15.9 Å². The first-order chi connectivity index (χ1) is 7.60. The van der Waals surface area contributed by atoms with E-state index in [2.05, 4.69) is 22.9 Å². The van der Waals surface area contributed by atoms with Gasteiger partial charge in [-0.15, -0.1) is 0 Å². The predicted octanol–water partition coefficient (Wildman–Crippen LogP) is 2.44. The van der Waals surface area contributed by atoms with Crippen molar-refractivity contribution in [3.63, 3.8) is 0 Å². The first-order valence-electron chi connectivity index (χ1n) is 5.39. The number of hydrogen-bond acceptors (Lipinski definition) is 3. The highest BCUT2D eigenvalue weighted by atomic mass is 79.9. The fourth-order valence-corrected chi connectivity index (χ4v) is 2.09. The Balaban J connectivity index is 2.96. The fraction of sp³-hybridized carbons (Fsp3) is 0.500. The van der Waals surface area contributed by atoms with E-state index in [1.807, 2.05) is 18.2 Å². The van der Waals surface area contributed by atoms with Crippen LogP contribution in [-0.2, 0) is 0 Å². The second-order valence-electron chi connectivity index (χ2n) is 3.97. The van der Waals surface area contributed by atoms with Gasteiger partial charge in [0.05, 0.1) is 7.11 Å². The van der Waals surface area contributed by atoms with Crippen LogP contribution in [0.4, 0.5) is 0 Å². The molecule has 2 unspecified atom stereocenters. The van der Waals surface area contributed by atoms with Crippen LogP contribution < -0.4 is 16.2 Å². The Morgan fingerprint density at radius 2 is 2.12 bits per heavy atom. The van der Waals surface area contributed by atoms with Gasteiger partial charge in [-0.2, -0.15) is 0 Å². The normalized spacial score (nSPS) is 14.6. The number of hydrogen-bond donors (Lipinski definition) is 2. The lowest BCUT2D eigenvalue weighted by Crippen LogP contribution is -2.22. The van der Waals surface area contributed by atoms with Crippen LogP contribution in [0.1, 0.15) is 24.9 Å². The van der Waals surface area contributed by atoms with Crippen molar-refractivity contribution in [1.82, 2.24) is 0 Å². The van der Waals surface area contributed by atoms with Crippen molar-refractivity contribution in [1.29, 1.82) is 0 Å². The van der Waals surface area contributed by atoms with Crippen molar-refractivity contribution in [3.8, 4) is 5.75 Å². The Morgan fingerprint density at radius 3 is 2.69 bits per heavy atom. The van der Waals surface area contributed by atoms with Gasteiger partial charge in [0.15, 0.2) is 0 Å². The topological polar surface area (TPSA) is 61.3 Å². The van der Waals surface area contributed by atoms with E-state index in [-0.39, 0.29) is 6.04 Å². The van der Waals surface area contributed by atoms with Crippen LogP contribution in [0.2, 0.25) is 0 Å². The Labute approximate surface area is 105 Å². The molecule has 0 aromatic heterocycles. The summed E-state index contributed by atoms with van der Waals surface area (Å²) in [5.41, 5.74) is 12.8. The Morgan fingerprint density at radius 1 is 1.44 bits per heavy atom. The van der Waals surface area contributed by atoms with Crippen LogP contribution in [0.25, 0.3) is 0 Å². The quantitative estimate of drug-likeness (QED) is 0.874. The van der Waals surface area contributed by atoms with Crippen molar-refractivity contribution in [3.05, 3.63) is 28.2 Å². The smallest absolute Gasteiger partial charge is 0.123 e. The van der Waals surface area contributed by atoms with Gasteiger partial charge in [-0.3, -0.25) is 0 Å². The highest BCUT2D eigenvalue weighted by Crippen LogP contribution is 2.31. The molecule has 0 fully saturated rings. The van der Waals surface area contributed by atoms with Gasteiger partial charge in [-0.25, -0.2) is 0 Å². The number of rotatable bonds is 5. The van der Waals surface area contributed by atoms with Crippen molar-refractivity contribution in [2.45, 2.75) is 19.4 Å². The van der Waals surface area contributed by atoms with Gasteiger partial charge in [0.25, 0.3) is 0 Å². The van der Waals surface area contributed by atoms with Gasteiger partial charge in [0.2, 0.25) is 0 Å². The summed E-state index contributed by atoms with van der Waals surface area (Å²) in [5, 5.41) is 0. The standard InChI is InChI=1S/C12H19BrN2O/c1-8(5-6-14)12(15)10-7-9(13)3-4-11(10)16-2/h3-4,7-8,12H,5-6,14-15H2,1-2H3. The van der Waals surface area contributed by atoms with Crippen LogP contribution in [-0.4, -0.2) is 13.7 Å². The SMILES string of the molecule is COc1ccc(Br)cc1C(N)C(C)CCN. The van der Waals surface area contributed by atoms with Gasteiger partial charge >= 0.3 is 0 Å². The first-order valence-corrected chi connectivity index (χ1v) is 6.18. The third kappa shape index (κ3) is 3.20. The molecule has 90 valence electrons. The average molecular weight is 287 g/mol. The summed E-state index contributed by atoms with van der Waals surface area (Å²) in [7, 11) is 1.66. The van der Waals surface area contributed by atoms with Crippen LogP contribution in [0.3, 0.4) is 0 Å². The Hall–Kier alpha value is -0.580. The molecule has 0 saturated heterocycles. The van der Waals surface area contributed by atoms with Crippen LogP contribution in [0.5, 0.6) is 5.75 Å². The largest absolute Gasteiger partial charge is 0.496 e. The highest BCUT2D eigenvalue weighted by Gasteiger charge is 2.18. The zero-order valence-corrected chi connectivity index (χ0v) is 11.3. The van der Waals surface area contributed by atoms with Gasteiger partial charge in [-0.1, -0.05) is 22.9 Å². The number of ether oxygens (including phenoxy) is 1. The third-order valence-corrected chi connectivity index (χ3v) is 3.28. The lowest BCUT2D eigenvalue weighted by Gasteiger charge is -2.22. The molecular weight excluding hydrogens is 268 g/mol. The lowest BCUT2D eigenvalue weighted by molar-refractivity contribution is 0.385. The van der Waals surface area contributed by atoms with E-state index in [1.54, 1.807) is 7.11 Å². The maximum atomic E-state index is 6.21. The van der Waals surface area contributed by atoms with Crippen LogP contribution >= 0.6 is 15.9 Å². The minimum absolute atomic E-state index is 0.0454. The zero-order valence-electron chi connectivity index (χ0n) is 9.74. The molecule has 3 nitrogen and oxygen atoms in total. The first kappa shape index (κ1) is 13.5. The predicted molar refractivity (Wildman–Crippen MR) is 70.5 cm³/mol. The molecule has 1 aromatic carbocycles. The molecule has 0 aliphatic rings.